The van der Waals surface area contributed by atoms with Gasteiger partial charge in [-0.2, -0.15) is 10.2 Å². The van der Waals surface area contributed by atoms with Crippen LogP contribution in [0.4, 0.5) is 0 Å². The minimum absolute atomic E-state index is 0.348. The van der Waals surface area contributed by atoms with Gasteiger partial charge in [0.1, 0.15) is 11.4 Å². The lowest BCUT2D eigenvalue weighted by atomic mass is 10.2. The lowest BCUT2D eigenvalue weighted by Gasteiger charge is -2.05. The summed E-state index contributed by atoms with van der Waals surface area (Å²) in [5.74, 6) is 0. The average Bonchev–Trinajstić information content (AvgIpc) is 2.70. The Kier molecular flexibility index (Phi) is 2.06. The molecule has 0 unspecified atom stereocenters. The van der Waals surface area contributed by atoms with E-state index < -0.39 is 0 Å². The Labute approximate surface area is 80.4 Å². The predicted molar refractivity (Wildman–Crippen MR) is 49.3 cm³/mol. The van der Waals surface area contributed by atoms with E-state index in [9.17, 15) is 4.79 Å². The third-order valence-electron chi connectivity index (χ3n) is 1.88. The van der Waals surface area contributed by atoms with Crippen molar-refractivity contribution in [2.75, 3.05) is 0 Å². The molecule has 0 bridgehead atoms. The minimum Gasteiger partial charge on any atom is -0.296 e. The van der Waals surface area contributed by atoms with Gasteiger partial charge >= 0.3 is 0 Å². The molecular formula is C9H8N4O. The molecule has 5 heteroatoms. The van der Waals surface area contributed by atoms with E-state index in [2.05, 4.69) is 15.2 Å². The van der Waals surface area contributed by atoms with Gasteiger partial charge in [-0.25, -0.2) is 0 Å². The lowest BCUT2D eigenvalue weighted by molar-refractivity contribution is 0.111. The van der Waals surface area contributed by atoms with Gasteiger partial charge in [0, 0.05) is 6.20 Å². The molecule has 0 atom stereocenters. The predicted octanol–water partition coefficient (Wildman–Crippen LogP) is 0.783. The fourth-order valence-electron chi connectivity index (χ4n) is 1.25. The SMILES string of the molecule is Cc1ccnc(C=O)c1-n1nccn1. The van der Waals surface area contributed by atoms with Crippen LogP contribution in [-0.2, 0) is 0 Å². The topological polar surface area (TPSA) is 60.7 Å². The molecule has 0 N–H and O–H groups in total. The van der Waals surface area contributed by atoms with E-state index in [4.69, 9.17) is 0 Å². The first kappa shape index (κ1) is 8.55. The van der Waals surface area contributed by atoms with E-state index in [0.29, 0.717) is 17.7 Å². The molecule has 2 heterocycles. The first-order valence-corrected chi connectivity index (χ1v) is 4.10. The molecule has 0 aliphatic rings. The molecule has 0 aliphatic carbocycles. The average molecular weight is 188 g/mol. The summed E-state index contributed by atoms with van der Waals surface area (Å²) in [6.45, 7) is 1.88. The molecule has 5 nitrogen and oxygen atoms in total. The number of aldehydes is 1. The highest BCUT2D eigenvalue weighted by atomic mass is 16.1. The van der Waals surface area contributed by atoms with Crippen molar-refractivity contribution in [2.45, 2.75) is 6.92 Å². The number of carbonyl (C=O) groups excluding carboxylic acids is 1. The highest BCUT2D eigenvalue weighted by molar-refractivity contribution is 5.78. The van der Waals surface area contributed by atoms with Crippen molar-refractivity contribution in [3.63, 3.8) is 0 Å². The maximum atomic E-state index is 10.7. The third kappa shape index (κ3) is 1.28. The number of hydrogen-bond donors (Lipinski definition) is 0. The number of nitrogens with zero attached hydrogens (tertiary/aromatic N) is 4. The number of aromatic nitrogens is 4. The van der Waals surface area contributed by atoms with E-state index >= 15 is 0 Å². The smallest absolute Gasteiger partial charge is 0.170 e. The summed E-state index contributed by atoms with van der Waals surface area (Å²) in [5, 5.41) is 7.93. The quantitative estimate of drug-likeness (QED) is 0.653. The summed E-state index contributed by atoms with van der Waals surface area (Å²) in [4.78, 5) is 16.1. The first-order chi connectivity index (χ1) is 6.83. The summed E-state index contributed by atoms with van der Waals surface area (Å²) in [7, 11) is 0. The van der Waals surface area contributed by atoms with E-state index in [1.165, 1.54) is 4.80 Å². The van der Waals surface area contributed by atoms with Crippen LogP contribution in [0.1, 0.15) is 16.1 Å². The van der Waals surface area contributed by atoms with Crippen LogP contribution in [-0.4, -0.2) is 26.3 Å². The van der Waals surface area contributed by atoms with Gasteiger partial charge < -0.3 is 0 Å². The van der Waals surface area contributed by atoms with Gasteiger partial charge in [-0.05, 0) is 18.6 Å². The van der Waals surface area contributed by atoms with Gasteiger partial charge in [-0.3, -0.25) is 9.78 Å². The van der Waals surface area contributed by atoms with Gasteiger partial charge in [-0.15, -0.1) is 4.80 Å². The van der Waals surface area contributed by atoms with Crippen LogP contribution < -0.4 is 0 Å². The third-order valence-corrected chi connectivity index (χ3v) is 1.88. The summed E-state index contributed by atoms with van der Waals surface area (Å²) in [5.41, 5.74) is 1.90. The van der Waals surface area contributed by atoms with Crippen molar-refractivity contribution in [3.05, 3.63) is 35.9 Å². The number of aryl methyl sites for hydroxylation is 1. The van der Waals surface area contributed by atoms with Gasteiger partial charge in [0.25, 0.3) is 0 Å². The van der Waals surface area contributed by atoms with Crippen molar-refractivity contribution in [1.29, 1.82) is 0 Å². The van der Waals surface area contributed by atoms with E-state index in [-0.39, 0.29) is 0 Å². The largest absolute Gasteiger partial charge is 0.296 e. The zero-order chi connectivity index (χ0) is 9.97. The zero-order valence-electron chi connectivity index (χ0n) is 7.58. The van der Waals surface area contributed by atoms with Crippen LogP contribution in [0.15, 0.2) is 24.7 Å². The second-order valence-corrected chi connectivity index (χ2v) is 2.80. The second kappa shape index (κ2) is 3.37. The highest BCUT2D eigenvalue weighted by Gasteiger charge is 2.09. The van der Waals surface area contributed by atoms with Gasteiger partial charge in [0.05, 0.1) is 12.4 Å². The van der Waals surface area contributed by atoms with Crippen molar-refractivity contribution in [3.8, 4) is 5.69 Å². The number of carbonyl (C=O) groups is 1. The van der Waals surface area contributed by atoms with Gasteiger partial charge in [-0.1, -0.05) is 0 Å². The Hall–Kier alpha value is -2.04. The standard InChI is InChI=1S/C9H8N4O/c1-7-2-3-10-8(6-14)9(7)13-11-4-5-12-13/h2-6H,1H3. The Morgan fingerprint density at radius 1 is 1.29 bits per heavy atom. The monoisotopic (exact) mass is 188 g/mol. The molecule has 0 spiro atoms. The maximum Gasteiger partial charge on any atom is 0.170 e. The molecular weight excluding hydrogens is 180 g/mol. The molecule has 70 valence electrons. The fourth-order valence-corrected chi connectivity index (χ4v) is 1.25. The molecule has 0 radical (unpaired) electrons. The Morgan fingerprint density at radius 2 is 2.00 bits per heavy atom. The highest BCUT2D eigenvalue weighted by Crippen LogP contribution is 2.12. The molecule has 0 saturated heterocycles. The molecule has 0 aliphatic heterocycles. The van der Waals surface area contributed by atoms with Crippen LogP contribution in [0.2, 0.25) is 0 Å². The van der Waals surface area contributed by atoms with Crippen molar-refractivity contribution in [2.24, 2.45) is 0 Å². The van der Waals surface area contributed by atoms with Crippen molar-refractivity contribution in [1.82, 2.24) is 20.0 Å². The minimum atomic E-state index is 0.348. The normalized spacial score (nSPS) is 10.1. The van der Waals surface area contributed by atoms with Crippen LogP contribution >= 0.6 is 0 Å². The van der Waals surface area contributed by atoms with Crippen LogP contribution in [0.5, 0.6) is 0 Å². The number of rotatable bonds is 2. The molecule has 14 heavy (non-hydrogen) atoms. The Morgan fingerprint density at radius 3 is 2.64 bits per heavy atom. The van der Waals surface area contributed by atoms with Gasteiger partial charge in [0.15, 0.2) is 6.29 Å². The maximum absolute atomic E-state index is 10.7. The lowest BCUT2D eigenvalue weighted by Crippen LogP contribution is -2.06. The molecule has 2 aromatic heterocycles. The molecule has 0 amide bonds. The molecule has 0 fully saturated rings. The molecule has 2 rings (SSSR count). The van der Waals surface area contributed by atoms with Crippen LogP contribution in [0.3, 0.4) is 0 Å². The second-order valence-electron chi connectivity index (χ2n) is 2.80. The summed E-state index contributed by atoms with van der Waals surface area (Å²) in [6, 6.07) is 1.81. The summed E-state index contributed by atoms with van der Waals surface area (Å²) >= 11 is 0. The molecule has 0 saturated carbocycles. The Bertz CT molecular complexity index is 450. The van der Waals surface area contributed by atoms with Gasteiger partial charge in [0.2, 0.25) is 0 Å². The van der Waals surface area contributed by atoms with E-state index in [0.717, 1.165) is 5.56 Å². The number of pyridine rings is 1. The van der Waals surface area contributed by atoms with Crippen molar-refractivity contribution >= 4 is 6.29 Å². The van der Waals surface area contributed by atoms with Crippen LogP contribution in [0.25, 0.3) is 5.69 Å². The fraction of sp³-hybridized carbons (Fsp3) is 0.111. The number of hydrogen-bond acceptors (Lipinski definition) is 4. The van der Waals surface area contributed by atoms with Crippen molar-refractivity contribution < 1.29 is 4.79 Å². The first-order valence-electron chi connectivity index (χ1n) is 4.10. The van der Waals surface area contributed by atoms with E-state index in [1.807, 2.05) is 13.0 Å². The zero-order valence-corrected chi connectivity index (χ0v) is 7.58. The molecule has 2 aromatic rings. The Balaban J connectivity index is 2.67. The summed E-state index contributed by atoms with van der Waals surface area (Å²) < 4.78 is 0. The molecule has 0 aromatic carbocycles. The van der Waals surface area contributed by atoms with Crippen LogP contribution in [0, 0.1) is 6.92 Å². The van der Waals surface area contributed by atoms with E-state index in [1.54, 1.807) is 18.6 Å². The summed E-state index contributed by atoms with van der Waals surface area (Å²) in [6.07, 6.45) is 5.40.